The van der Waals surface area contributed by atoms with E-state index in [0.29, 0.717) is 16.6 Å². The van der Waals surface area contributed by atoms with Crippen LogP contribution in [0, 0.1) is 13.8 Å². The maximum absolute atomic E-state index is 10.9. The van der Waals surface area contributed by atoms with Gasteiger partial charge in [0.25, 0.3) is 0 Å². The minimum Gasteiger partial charge on any atom is -0.477 e. The van der Waals surface area contributed by atoms with E-state index < -0.39 is 5.97 Å². The predicted molar refractivity (Wildman–Crippen MR) is 76.3 cm³/mol. The Bertz CT molecular complexity index is 636. The van der Waals surface area contributed by atoms with E-state index in [2.05, 4.69) is 10.1 Å². The molecule has 2 heterocycles. The van der Waals surface area contributed by atoms with Crippen LogP contribution in [-0.2, 0) is 12.8 Å². The van der Waals surface area contributed by atoms with Crippen LogP contribution in [0.1, 0.15) is 26.6 Å². The second-order valence-electron chi connectivity index (χ2n) is 3.97. The minimum atomic E-state index is -0.933. The van der Waals surface area contributed by atoms with Crippen LogP contribution in [-0.4, -0.2) is 25.8 Å². The standard InChI is InChI=1S/C11H12ClN3O2S2/c1-5-7(9(12)15(3)14-5)4-18-11-13-6(2)8(19-11)10(16)17/h4H2,1-3H3,(H,16,17). The van der Waals surface area contributed by atoms with Gasteiger partial charge in [0.2, 0.25) is 0 Å². The van der Waals surface area contributed by atoms with Gasteiger partial charge in [0, 0.05) is 18.4 Å². The van der Waals surface area contributed by atoms with Crippen LogP contribution in [0.25, 0.3) is 0 Å². The number of nitrogens with zero attached hydrogens (tertiary/aromatic N) is 3. The quantitative estimate of drug-likeness (QED) is 0.877. The number of aromatic nitrogens is 3. The molecule has 0 aliphatic carbocycles. The molecule has 0 aliphatic heterocycles. The van der Waals surface area contributed by atoms with Gasteiger partial charge in [0.05, 0.1) is 11.4 Å². The molecule has 0 aromatic carbocycles. The molecule has 5 nitrogen and oxygen atoms in total. The number of hydrogen-bond acceptors (Lipinski definition) is 5. The third-order valence-electron chi connectivity index (χ3n) is 2.58. The fourth-order valence-corrected chi connectivity index (χ4v) is 4.04. The number of carboxylic acids is 1. The number of carboxylic acid groups (broad SMARTS) is 1. The highest BCUT2D eigenvalue weighted by Crippen LogP contribution is 2.32. The van der Waals surface area contributed by atoms with Crippen LogP contribution in [0.15, 0.2) is 4.34 Å². The van der Waals surface area contributed by atoms with Gasteiger partial charge >= 0.3 is 5.97 Å². The number of carbonyl (C=O) groups is 1. The van der Waals surface area contributed by atoms with Gasteiger partial charge in [0.1, 0.15) is 10.0 Å². The number of aryl methyl sites for hydroxylation is 3. The van der Waals surface area contributed by atoms with Gasteiger partial charge in [0.15, 0.2) is 4.34 Å². The molecular formula is C11H12ClN3O2S2. The number of hydrogen-bond donors (Lipinski definition) is 1. The Kier molecular flexibility index (Phi) is 4.17. The lowest BCUT2D eigenvalue weighted by Gasteiger charge is -1.98. The van der Waals surface area contributed by atoms with Crippen molar-refractivity contribution in [3.05, 3.63) is 27.0 Å². The molecule has 0 saturated carbocycles. The summed E-state index contributed by atoms with van der Waals surface area (Å²) in [6, 6.07) is 0. The summed E-state index contributed by atoms with van der Waals surface area (Å²) in [5.74, 6) is -0.303. The van der Waals surface area contributed by atoms with Crippen molar-refractivity contribution in [3.8, 4) is 0 Å². The molecule has 0 radical (unpaired) electrons. The van der Waals surface area contributed by atoms with Gasteiger partial charge in [-0.1, -0.05) is 23.4 Å². The Labute approximate surface area is 123 Å². The number of aromatic carboxylic acids is 1. The Morgan fingerprint density at radius 3 is 2.63 bits per heavy atom. The van der Waals surface area contributed by atoms with Crippen molar-refractivity contribution in [1.82, 2.24) is 14.8 Å². The van der Waals surface area contributed by atoms with E-state index in [0.717, 1.165) is 15.6 Å². The third-order valence-corrected chi connectivity index (χ3v) is 5.37. The zero-order chi connectivity index (χ0) is 14.2. The van der Waals surface area contributed by atoms with Gasteiger partial charge in [-0.3, -0.25) is 4.68 Å². The molecule has 2 rings (SSSR count). The lowest BCUT2D eigenvalue weighted by molar-refractivity contribution is 0.0701. The fraction of sp³-hybridized carbons (Fsp3) is 0.364. The second-order valence-corrected chi connectivity index (χ2v) is 6.55. The van der Waals surface area contributed by atoms with Crippen LogP contribution in [0.3, 0.4) is 0 Å². The van der Waals surface area contributed by atoms with E-state index in [1.165, 1.54) is 23.1 Å². The fourth-order valence-electron chi connectivity index (χ4n) is 1.60. The topological polar surface area (TPSA) is 68.0 Å². The predicted octanol–water partition coefficient (Wildman–Crippen LogP) is 3.14. The van der Waals surface area contributed by atoms with Crippen molar-refractivity contribution in [2.45, 2.75) is 23.9 Å². The number of rotatable bonds is 4. The molecule has 0 unspecified atom stereocenters. The summed E-state index contributed by atoms with van der Waals surface area (Å²) >= 11 is 8.80. The first-order valence-electron chi connectivity index (χ1n) is 5.41. The van der Waals surface area contributed by atoms with Crippen LogP contribution >= 0.6 is 34.7 Å². The number of thiazole rings is 1. The summed E-state index contributed by atoms with van der Waals surface area (Å²) in [6.45, 7) is 3.60. The SMILES string of the molecule is Cc1nc(SCc2c(C)nn(C)c2Cl)sc1C(=O)O. The largest absolute Gasteiger partial charge is 0.477 e. The van der Waals surface area contributed by atoms with Crippen molar-refractivity contribution >= 4 is 40.7 Å². The molecule has 0 amide bonds. The number of thioether (sulfide) groups is 1. The van der Waals surface area contributed by atoms with Crippen LogP contribution in [0.2, 0.25) is 5.15 Å². The molecule has 0 spiro atoms. The summed E-state index contributed by atoms with van der Waals surface area (Å²) in [5, 5.41) is 13.8. The Hall–Kier alpha value is -1.05. The Morgan fingerprint density at radius 2 is 2.16 bits per heavy atom. The Morgan fingerprint density at radius 1 is 1.47 bits per heavy atom. The van der Waals surface area contributed by atoms with Crippen molar-refractivity contribution < 1.29 is 9.90 Å². The summed E-state index contributed by atoms with van der Waals surface area (Å²) < 4.78 is 2.36. The first-order chi connectivity index (χ1) is 8.90. The molecule has 1 N–H and O–H groups in total. The molecule has 2 aromatic heterocycles. The summed E-state index contributed by atoms with van der Waals surface area (Å²) in [4.78, 5) is 15.5. The zero-order valence-corrected chi connectivity index (χ0v) is 13.0. The average Bonchev–Trinajstić information content (AvgIpc) is 2.80. The summed E-state index contributed by atoms with van der Waals surface area (Å²) in [7, 11) is 1.79. The molecule has 19 heavy (non-hydrogen) atoms. The second kappa shape index (κ2) is 5.52. The van der Waals surface area contributed by atoms with E-state index in [1.807, 2.05) is 6.92 Å². The molecule has 102 valence electrons. The highest BCUT2D eigenvalue weighted by molar-refractivity contribution is 8.00. The normalized spacial score (nSPS) is 10.9. The zero-order valence-electron chi connectivity index (χ0n) is 10.6. The maximum Gasteiger partial charge on any atom is 0.347 e. The van der Waals surface area contributed by atoms with Crippen molar-refractivity contribution in [1.29, 1.82) is 0 Å². The molecular weight excluding hydrogens is 306 g/mol. The van der Waals surface area contributed by atoms with E-state index in [4.69, 9.17) is 16.7 Å². The molecule has 2 aromatic rings. The van der Waals surface area contributed by atoms with Gasteiger partial charge in [-0.15, -0.1) is 11.3 Å². The molecule has 0 aliphatic rings. The summed E-state index contributed by atoms with van der Waals surface area (Å²) in [6.07, 6.45) is 0. The van der Waals surface area contributed by atoms with Gasteiger partial charge in [-0.25, -0.2) is 9.78 Å². The van der Waals surface area contributed by atoms with E-state index in [9.17, 15) is 4.79 Å². The smallest absolute Gasteiger partial charge is 0.347 e. The lowest BCUT2D eigenvalue weighted by atomic mass is 10.3. The van der Waals surface area contributed by atoms with Gasteiger partial charge in [-0.2, -0.15) is 5.10 Å². The molecule has 0 saturated heterocycles. The molecule has 8 heteroatoms. The van der Waals surface area contributed by atoms with Gasteiger partial charge < -0.3 is 5.11 Å². The Balaban J connectivity index is 2.15. The number of halogens is 1. The van der Waals surface area contributed by atoms with E-state index in [1.54, 1.807) is 18.7 Å². The third kappa shape index (κ3) is 2.93. The average molecular weight is 318 g/mol. The molecule has 0 atom stereocenters. The maximum atomic E-state index is 10.9. The van der Waals surface area contributed by atoms with E-state index in [-0.39, 0.29) is 4.88 Å². The lowest BCUT2D eigenvalue weighted by Crippen LogP contribution is -1.94. The minimum absolute atomic E-state index is 0.288. The van der Waals surface area contributed by atoms with Crippen LogP contribution in [0.4, 0.5) is 0 Å². The van der Waals surface area contributed by atoms with Crippen LogP contribution < -0.4 is 0 Å². The van der Waals surface area contributed by atoms with Crippen molar-refractivity contribution in [2.75, 3.05) is 0 Å². The molecule has 0 bridgehead atoms. The monoisotopic (exact) mass is 317 g/mol. The van der Waals surface area contributed by atoms with Crippen molar-refractivity contribution in [2.24, 2.45) is 7.05 Å². The first kappa shape index (κ1) is 14.4. The highest BCUT2D eigenvalue weighted by atomic mass is 35.5. The first-order valence-corrected chi connectivity index (χ1v) is 7.59. The summed E-state index contributed by atoms with van der Waals surface area (Å²) in [5.41, 5.74) is 2.39. The van der Waals surface area contributed by atoms with Gasteiger partial charge in [-0.05, 0) is 13.8 Å². The molecule has 0 fully saturated rings. The van der Waals surface area contributed by atoms with E-state index >= 15 is 0 Å². The highest BCUT2D eigenvalue weighted by Gasteiger charge is 2.16. The van der Waals surface area contributed by atoms with Crippen LogP contribution in [0.5, 0.6) is 0 Å². The van der Waals surface area contributed by atoms with Crippen molar-refractivity contribution in [3.63, 3.8) is 0 Å².